The zero-order chi connectivity index (χ0) is 10.2. The van der Waals surface area contributed by atoms with Gasteiger partial charge in [-0.3, -0.25) is 0 Å². The molecular formula is C11H18N2O. The fourth-order valence-corrected chi connectivity index (χ4v) is 1.74. The lowest BCUT2D eigenvalue weighted by molar-refractivity contribution is 0.353. The van der Waals surface area contributed by atoms with Crippen molar-refractivity contribution in [1.29, 1.82) is 0 Å². The Morgan fingerprint density at radius 3 is 2.71 bits per heavy atom. The Hall–Kier alpha value is -0.860. The van der Waals surface area contributed by atoms with Crippen LogP contribution in [0.4, 0.5) is 0 Å². The van der Waals surface area contributed by atoms with E-state index in [4.69, 9.17) is 4.52 Å². The summed E-state index contributed by atoms with van der Waals surface area (Å²) >= 11 is 0. The van der Waals surface area contributed by atoms with Gasteiger partial charge in [-0.25, -0.2) is 0 Å². The molecule has 2 rings (SSSR count). The molecule has 1 saturated carbocycles. The smallest absolute Gasteiger partial charge is 0.229 e. The number of aromatic nitrogens is 2. The monoisotopic (exact) mass is 194 g/mol. The second kappa shape index (κ2) is 3.37. The van der Waals surface area contributed by atoms with Crippen molar-refractivity contribution >= 4 is 0 Å². The van der Waals surface area contributed by atoms with Crippen LogP contribution in [0.15, 0.2) is 4.52 Å². The van der Waals surface area contributed by atoms with Crippen LogP contribution in [-0.2, 0) is 5.41 Å². The van der Waals surface area contributed by atoms with Crippen molar-refractivity contribution in [3.8, 4) is 0 Å². The quantitative estimate of drug-likeness (QED) is 0.739. The summed E-state index contributed by atoms with van der Waals surface area (Å²) in [6.45, 7) is 6.54. The summed E-state index contributed by atoms with van der Waals surface area (Å²) < 4.78 is 5.26. The molecular weight excluding hydrogens is 176 g/mol. The zero-order valence-electron chi connectivity index (χ0n) is 9.21. The maximum atomic E-state index is 5.26. The van der Waals surface area contributed by atoms with Crippen molar-refractivity contribution in [2.45, 2.75) is 57.8 Å². The number of rotatable bonds is 4. The van der Waals surface area contributed by atoms with Gasteiger partial charge in [0.05, 0.1) is 0 Å². The first-order valence-electron chi connectivity index (χ1n) is 5.47. The largest absolute Gasteiger partial charge is 0.339 e. The van der Waals surface area contributed by atoms with Crippen LogP contribution < -0.4 is 0 Å². The molecule has 1 aliphatic rings. The molecule has 0 N–H and O–H groups in total. The Labute approximate surface area is 84.9 Å². The predicted molar refractivity (Wildman–Crippen MR) is 54.2 cm³/mol. The van der Waals surface area contributed by atoms with E-state index < -0.39 is 0 Å². The normalized spacial score (nSPS) is 17.4. The molecule has 1 heterocycles. The Kier molecular flexibility index (Phi) is 2.33. The third-order valence-corrected chi connectivity index (χ3v) is 2.85. The van der Waals surface area contributed by atoms with E-state index in [0.29, 0.717) is 5.92 Å². The summed E-state index contributed by atoms with van der Waals surface area (Å²) in [5.74, 6) is 2.29. The van der Waals surface area contributed by atoms with Crippen LogP contribution in [-0.4, -0.2) is 10.1 Å². The van der Waals surface area contributed by atoms with E-state index in [0.717, 1.165) is 24.6 Å². The summed E-state index contributed by atoms with van der Waals surface area (Å²) in [5, 5.41) is 4.08. The summed E-state index contributed by atoms with van der Waals surface area (Å²) in [6.07, 6.45) is 4.70. The van der Waals surface area contributed by atoms with Crippen LogP contribution in [0, 0.1) is 0 Å². The second-order valence-corrected chi connectivity index (χ2v) is 4.86. The van der Waals surface area contributed by atoms with Crippen molar-refractivity contribution in [1.82, 2.24) is 10.1 Å². The standard InChI is InChI=1S/C11H18N2O/c1-4-7-11(2,3)10-12-9(14-13-10)8-5-6-8/h8H,4-7H2,1-3H3. The van der Waals surface area contributed by atoms with Gasteiger partial charge in [0.1, 0.15) is 0 Å². The van der Waals surface area contributed by atoms with E-state index in [1.165, 1.54) is 12.8 Å². The molecule has 1 fully saturated rings. The Morgan fingerprint density at radius 1 is 1.43 bits per heavy atom. The molecule has 78 valence electrons. The van der Waals surface area contributed by atoms with Gasteiger partial charge in [-0.1, -0.05) is 32.3 Å². The van der Waals surface area contributed by atoms with Gasteiger partial charge in [-0.2, -0.15) is 4.98 Å². The van der Waals surface area contributed by atoms with Crippen molar-refractivity contribution in [3.05, 3.63) is 11.7 Å². The summed E-state index contributed by atoms with van der Waals surface area (Å²) in [6, 6.07) is 0. The van der Waals surface area contributed by atoms with Gasteiger partial charge in [0.25, 0.3) is 0 Å². The molecule has 0 atom stereocenters. The second-order valence-electron chi connectivity index (χ2n) is 4.86. The minimum atomic E-state index is 0.0609. The van der Waals surface area contributed by atoms with Crippen molar-refractivity contribution in [2.24, 2.45) is 0 Å². The highest BCUT2D eigenvalue weighted by atomic mass is 16.5. The number of nitrogens with zero attached hydrogens (tertiary/aromatic N) is 2. The van der Waals surface area contributed by atoms with Gasteiger partial charge in [-0.15, -0.1) is 0 Å². The molecule has 0 unspecified atom stereocenters. The molecule has 3 nitrogen and oxygen atoms in total. The zero-order valence-corrected chi connectivity index (χ0v) is 9.21. The van der Waals surface area contributed by atoms with E-state index in [9.17, 15) is 0 Å². The van der Waals surface area contributed by atoms with Crippen molar-refractivity contribution in [2.75, 3.05) is 0 Å². The Morgan fingerprint density at radius 2 is 2.14 bits per heavy atom. The van der Waals surface area contributed by atoms with E-state index >= 15 is 0 Å². The number of hydrogen-bond acceptors (Lipinski definition) is 3. The van der Waals surface area contributed by atoms with Crippen LogP contribution in [0.25, 0.3) is 0 Å². The topological polar surface area (TPSA) is 38.9 Å². The van der Waals surface area contributed by atoms with Crippen LogP contribution in [0.3, 0.4) is 0 Å². The molecule has 0 spiro atoms. The first-order valence-corrected chi connectivity index (χ1v) is 5.47. The van der Waals surface area contributed by atoms with Crippen LogP contribution >= 0.6 is 0 Å². The molecule has 0 amide bonds. The first-order chi connectivity index (χ1) is 6.63. The van der Waals surface area contributed by atoms with E-state index in [1.54, 1.807) is 0 Å². The molecule has 1 aromatic rings. The molecule has 1 aliphatic carbocycles. The van der Waals surface area contributed by atoms with Crippen LogP contribution in [0.1, 0.15) is 64.1 Å². The van der Waals surface area contributed by atoms with Gasteiger partial charge in [0, 0.05) is 11.3 Å². The maximum absolute atomic E-state index is 5.26. The Bertz CT molecular complexity index is 313. The lowest BCUT2D eigenvalue weighted by Crippen LogP contribution is -2.18. The molecule has 1 aromatic heterocycles. The van der Waals surface area contributed by atoms with Crippen LogP contribution in [0.5, 0.6) is 0 Å². The van der Waals surface area contributed by atoms with Gasteiger partial charge < -0.3 is 4.52 Å². The van der Waals surface area contributed by atoms with Crippen molar-refractivity contribution < 1.29 is 4.52 Å². The Balaban J connectivity index is 2.14. The highest BCUT2D eigenvalue weighted by molar-refractivity contribution is 5.07. The maximum Gasteiger partial charge on any atom is 0.229 e. The minimum Gasteiger partial charge on any atom is -0.339 e. The van der Waals surface area contributed by atoms with E-state index in [2.05, 4.69) is 30.9 Å². The highest BCUT2D eigenvalue weighted by Gasteiger charge is 2.32. The summed E-state index contributed by atoms with van der Waals surface area (Å²) in [5.41, 5.74) is 0.0609. The van der Waals surface area contributed by atoms with Crippen LogP contribution in [0.2, 0.25) is 0 Å². The fourth-order valence-electron chi connectivity index (χ4n) is 1.74. The summed E-state index contributed by atoms with van der Waals surface area (Å²) in [4.78, 5) is 4.48. The number of hydrogen-bond donors (Lipinski definition) is 0. The first kappa shape index (κ1) is 9.69. The fraction of sp³-hybridized carbons (Fsp3) is 0.818. The molecule has 0 saturated heterocycles. The SMILES string of the molecule is CCCC(C)(C)c1noc(C2CC2)n1. The minimum absolute atomic E-state index is 0.0609. The van der Waals surface area contributed by atoms with Gasteiger partial charge in [-0.05, 0) is 19.3 Å². The summed E-state index contributed by atoms with van der Waals surface area (Å²) in [7, 11) is 0. The molecule has 0 aliphatic heterocycles. The van der Waals surface area contributed by atoms with Gasteiger partial charge in [0.15, 0.2) is 5.82 Å². The van der Waals surface area contributed by atoms with Crippen molar-refractivity contribution in [3.63, 3.8) is 0 Å². The van der Waals surface area contributed by atoms with Gasteiger partial charge >= 0.3 is 0 Å². The molecule has 0 radical (unpaired) electrons. The average Bonchev–Trinajstić information content (AvgIpc) is 2.83. The highest BCUT2D eigenvalue weighted by Crippen LogP contribution is 2.39. The van der Waals surface area contributed by atoms with Gasteiger partial charge in [0.2, 0.25) is 5.89 Å². The third-order valence-electron chi connectivity index (χ3n) is 2.85. The molecule has 14 heavy (non-hydrogen) atoms. The average molecular weight is 194 g/mol. The molecule has 3 heteroatoms. The lowest BCUT2D eigenvalue weighted by atomic mass is 9.87. The molecule has 0 bridgehead atoms. The predicted octanol–water partition coefficient (Wildman–Crippen LogP) is 3.02. The molecule has 0 aromatic carbocycles. The van der Waals surface area contributed by atoms with E-state index in [-0.39, 0.29) is 5.41 Å². The third kappa shape index (κ3) is 1.81. The lowest BCUT2D eigenvalue weighted by Gasteiger charge is -2.18. The van der Waals surface area contributed by atoms with E-state index in [1.807, 2.05) is 0 Å².